The topological polar surface area (TPSA) is 82.3 Å². The molecule has 1 amide bonds. The first-order chi connectivity index (χ1) is 11.1. The van der Waals surface area contributed by atoms with Crippen molar-refractivity contribution in [3.8, 4) is 11.8 Å². The zero-order valence-electron chi connectivity index (χ0n) is 12.8. The summed E-state index contributed by atoms with van der Waals surface area (Å²) in [4.78, 5) is 11.6. The van der Waals surface area contributed by atoms with Gasteiger partial charge in [0.2, 0.25) is 0 Å². The van der Waals surface area contributed by atoms with Gasteiger partial charge in [-0.2, -0.15) is 5.26 Å². The van der Waals surface area contributed by atoms with Gasteiger partial charge in [0.1, 0.15) is 18.5 Å². The number of carbonyl (C=O) groups is 1. The summed E-state index contributed by atoms with van der Waals surface area (Å²) in [6.45, 7) is 2.53. The van der Waals surface area contributed by atoms with Crippen molar-refractivity contribution in [2.75, 3.05) is 13.2 Å². The molecule has 0 saturated carbocycles. The summed E-state index contributed by atoms with van der Waals surface area (Å²) < 4.78 is 5.53. The van der Waals surface area contributed by atoms with Gasteiger partial charge in [-0.1, -0.05) is 12.1 Å². The molecule has 1 atom stereocenters. The number of amides is 1. The molecule has 2 N–H and O–H groups in total. The molecule has 0 aliphatic heterocycles. The van der Waals surface area contributed by atoms with Crippen molar-refractivity contribution in [1.29, 1.82) is 5.26 Å². The van der Waals surface area contributed by atoms with E-state index in [1.54, 1.807) is 48.5 Å². The second kappa shape index (κ2) is 7.97. The highest BCUT2D eigenvalue weighted by Crippen LogP contribution is 2.17. The lowest BCUT2D eigenvalue weighted by Gasteiger charge is -2.13. The summed E-state index contributed by atoms with van der Waals surface area (Å²) in [5.74, 6) is 0.447. The zero-order valence-corrected chi connectivity index (χ0v) is 12.8. The maximum atomic E-state index is 11.6. The van der Waals surface area contributed by atoms with Crippen molar-refractivity contribution in [3.63, 3.8) is 0 Å². The molecular weight excluding hydrogens is 292 g/mol. The monoisotopic (exact) mass is 310 g/mol. The van der Waals surface area contributed by atoms with Crippen molar-refractivity contribution in [1.82, 2.24) is 5.32 Å². The first-order valence-corrected chi connectivity index (χ1v) is 7.33. The van der Waals surface area contributed by atoms with Gasteiger partial charge in [0.15, 0.2) is 0 Å². The minimum absolute atomic E-state index is 0.0897. The van der Waals surface area contributed by atoms with Crippen LogP contribution in [0.3, 0.4) is 0 Å². The number of rotatable bonds is 6. The van der Waals surface area contributed by atoms with Crippen LogP contribution >= 0.6 is 0 Å². The number of hydrogen-bond donors (Lipinski definition) is 2. The summed E-state index contributed by atoms with van der Waals surface area (Å²) in [6.07, 6.45) is -0.786. The molecule has 5 nitrogen and oxygen atoms in total. The first-order valence-electron chi connectivity index (χ1n) is 7.33. The lowest BCUT2D eigenvalue weighted by Crippen LogP contribution is -2.22. The fourth-order valence-corrected chi connectivity index (χ4v) is 2.02. The Morgan fingerprint density at radius 1 is 1.22 bits per heavy atom. The van der Waals surface area contributed by atoms with Crippen molar-refractivity contribution in [2.24, 2.45) is 0 Å². The predicted octanol–water partition coefficient (Wildman–Crippen LogP) is 2.42. The van der Waals surface area contributed by atoms with Crippen LogP contribution in [0, 0.1) is 11.3 Å². The van der Waals surface area contributed by atoms with Crippen LogP contribution in [-0.4, -0.2) is 24.2 Å². The van der Waals surface area contributed by atoms with E-state index in [4.69, 9.17) is 10.00 Å². The van der Waals surface area contributed by atoms with Gasteiger partial charge < -0.3 is 15.2 Å². The summed E-state index contributed by atoms with van der Waals surface area (Å²) in [6, 6.07) is 15.5. The van der Waals surface area contributed by atoms with Gasteiger partial charge in [-0.15, -0.1) is 0 Å². The molecule has 5 heteroatoms. The van der Waals surface area contributed by atoms with E-state index in [9.17, 15) is 9.90 Å². The summed E-state index contributed by atoms with van der Waals surface area (Å²) in [5, 5.41) is 21.6. The molecule has 0 fully saturated rings. The Morgan fingerprint density at radius 3 is 2.43 bits per heavy atom. The quantitative estimate of drug-likeness (QED) is 0.858. The minimum atomic E-state index is -0.786. The molecule has 0 aromatic heterocycles. The second-order valence-electron chi connectivity index (χ2n) is 4.94. The Labute approximate surface area is 135 Å². The number of carbonyl (C=O) groups excluding carboxylic acids is 1. The SMILES string of the molecule is CCNC(=O)c1ccc(OCC(O)c2ccc(C#N)cc2)cc1. The maximum Gasteiger partial charge on any atom is 0.251 e. The third-order valence-corrected chi connectivity index (χ3v) is 3.29. The lowest BCUT2D eigenvalue weighted by atomic mass is 10.1. The Balaban J connectivity index is 1.92. The standard InChI is InChI=1S/C18H18N2O3/c1-2-20-18(22)15-7-9-16(10-8-15)23-12-17(21)14-5-3-13(11-19)4-6-14/h3-10,17,21H,2,12H2,1H3,(H,20,22). The van der Waals surface area contributed by atoms with Gasteiger partial charge in [-0.25, -0.2) is 0 Å². The number of nitriles is 1. The summed E-state index contributed by atoms with van der Waals surface area (Å²) in [5.41, 5.74) is 1.79. The Bertz CT molecular complexity index is 688. The molecule has 0 saturated heterocycles. The molecule has 0 bridgehead atoms. The van der Waals surface area contributed by atoms with Gasteiger partial charge in [0.25, 0.3) is 5.91 Å². The van der Waals surface area contributed by atoms with Crippen LogP contribution in [0.15, 0.2) is 48.5 Å². The molecule has 2 aromatic rings. The zero-order chi connectivity index (χ0) is 16.7. The molecule has 0 spiro atoms. The normalized spacial score (nSPS) is 11.3. The van der Waals surface area contributed by atoms with E-state index in [1.807, 2.05) is 13.0 Å². The number of hydrogen-bond acceptors (Lipinski definition) is 4. The molecule has 2 aromatic carbocycles. The Kier molecular flexibility index (Phi) is 5.73. The molecular formula is C18H18N2O3. The third kappa shape index (κ3) is 4.56. The molecule has 1 unspecified atom stereocenters. The fraction of sp³-hybridized carbons (Fsp3) is 0.222. The molecule has 0 heterocycles. The van der Waals surface area contributed by atoms with E-state index in [1.165, 1.54) is 0 Å². The number of benzene rings is 2. The number of ether oxygens (including phenoxy) is 1. The van der Waals surface area contributed by atoms with E-state index in [0.717, 1.165) is 0 Å². The maximum absolute atomic E-state index is 11.6. The van der Waals surface area contributed by atoms with E-state index >= 15 is 0 Å². The van der Waals surface area contributed by atoms with Crippen molar-refractivity contribution >= 4 is 5.91 Å². The van der Waals surface area contributed by atoms with Crippen molar-refractivity contribution in [2.45, 2.75) is 13.0 Å². The number of aliphatic hydroxyl groups excluding tert-OH is 1. The molecule has 118 valence electrons. The minimum Gasteiger partial charge on any atom is -0.491 e. The number of aliphatic hydroxyl groups is 1. The average molecular weight is 310 g/mol. The van der Waals surface area contributed by atoms with E-state index in [2.05, 4.69) is 5.32 Å². The highest BCUT2D eigenvalue weighted by Gasteiger charge is 2.09. The van der Waals surface area contributed by atoms with Gasteiger partial charge in [-0.05, 0) is 48.9 Å². The highest BCUT2D eigenvalue weighted by atomic mass is 16.5. The van der Waals surface area contributed by atoms with Gasteiger partial charge in [0.05, 0.1) is 11.6 Å². The van der Waals surface area contributed by atoms with Crippen LogP contribution in [0.5, 0.6) is 5.75 Å². The Morgan fingerprint density at radius 2 is 1.87 bits per heavy atom. The van der Waals surface area contributed by atoms with E-state index < -0.39 is 6.10 Å². The first kappa shape index (κ1) is 16.5. The van der Waals surface area contributed by atoms with Gasteiger partial charge >= 0.3 is 0 Å². The summed E-state index contributed by atoms with van der Waals surface area (Å²) in [7, 11) is 0. The van der Waals surface area contributed by atoms with Gasteiger partial charge in [0, 0.05) is 12.1 Å². The van der Waals surface area contributed by atoms with Crippen LogP contribution in [0.25, 0.3) is 0 Å². The van der Waals surface area contributed by atoms with Crippen LogP contribution < -0.4 is 10.1 Å². The Hall–Kier alpha value is -2.84. The predicted molar refractivity (Wildman–Crippen MR) is 86.1 cm³/mol. The third-order valence-electron chi connectivity index (χ3n) is 3.29. The van der Waals surface area contributed by atoms with Crippen molar-refractivity contribution in [3.05, 3.63) is 65.2 Å². The second-order valence-corrected chi connectivity index (χ2v) is 4.94. The van der Waals surface area contributed by atoms with E-state index in [0.29, 0.717) is 29.0 Å². The molecule has 0 radical (unpaired) electrons. The van der Waals surface area contributed by atoms with Crippen LogP contribution in [-0.2, 0) is 0 Å². The molecule has 2 rings (SSSR count). The van der Waals surface area contributed by atoms with E-state index in [-0.39, 0.29) is 12.5 Å². The average Bonchev–Trinajstić information content (AvgIpc) is 2.60. The van der Waals surface area contributed by atoms with Gasteiger partial charge in [-0.3, -0.25) is 4.79 Å². The van der Waals surface area contributed by atoms with Crippen molar-refractivity contribution < 1.29 is 14.6 Å². The molecule has 0 aliphatic carbocycles. The molecule has 0 aliphatic rings. The molecule has 23 heavy (non-hydrogen) atoms. The largest absolute Gasteiger partial charge is 0.491 e. The lowest BCUT2D eigenvalue weighted by molar-refractivity contribution is 0.0955. The highest BCUT2D eigenvalue weighted by molar-refractivity contribution is 5.94. The van der Waals surface area contributed by atoms with Crippen LogP contribution in [0.1, 0.15) is 34.5 Å². The van der Waals surface area contributed by atoms with Crippen LogP contribution in [0.4, 0.5) is 0 Å². The smallest absolute Gasteiger partial charge is 0.251 e. The van der Waals surface area contributed by atoms with Crippen LogP contribution in [0.2, 0.25) is 0 Å². The fourth-order valence-electron chi connectivity index (χ4n) is 2.02. The number of nitrogens with zero attached hydrogens (tertiary/aromatic N) is 1. The number of nitrogens with one attached hydrogen (secondary N) is 1. The summed E-state index contributed by atoms with van der Waals surface area (Å²) >= 11 is 0.